The van der Waals surface area contributed by atoms with Crippen molar-refractivity contribution in [3.05, 3.63) is 501 Å². The van der Waals surface area contributed by atoms with Gasteiger partial charge in [0.15, 0.2) is 0 Å². The smallest absolute Gasteiger partial charge is 0.0720 e. The van der Waals surface area contributed by atoms with Crippen LogP contribution >= 0.6 is 22.7 Å². The van der Waals surface area contributed by atoms with Gasteiger partial charge in [0.1, 0.15) is 0 Å². The van der Waals surface area contributed by atoms with Gasteiger partial charge in [0.05, 0.1) is 37.0 Å². The molecule has 0 radical (unpaired) electrons. The van der Waals surface area contributed by atoms with Crippen molar-refractivity contribution in [2.75, 3.05) is 9.80 Å². The van der Waals surface area contributed by atoms with E-state index in [4.69, 9.17) is 0 Å². The molecule has 0 saturated carbocycles. The highest BCUT2D eigenvalue weighted by Gasteiger charge is 2.58. The summed E-state index contributed by atoms with van der Waals surface area (Å²) in [6, 6.07) is 155. The van der Waals surface area contributed by atoms with Crippen molar-refractivity contribution in [2.45, 2.75) is 74.0 Å². The third-order valence-corrected chi connectivity index (χ3v) is 32.3. The Labute approximate surface area is 731 Å². The standard InChI is InChI=1S/C120H84N2S2/c1-115(2)92-42-18-13-36-81(92)84-61-57-77(69-104(84)115)122(79-59-63-85-82-37-14-19-43-94(82)119(106(85)72-79)98-47-23-21-45-96(98)117(5,6)97-46-22-24-48-99(97)119)109-67-65-80(112-90-40-17-30-55-111(90)124-114(109)112)73-56-66-93-91(68-73)87-64-60-76(70-105(87)116(93,3)4)121(108-53-31-41-89-88-39-16-29-54-110(88)123-113(89)108)78-58-62-86-83-38-15-20-44-95(83)120(107(86)71-78)102-51-27-25-49-100(102)118(74-32-9-7-10-33-74,75-34-11-8-12-35-75)101-50-26-28-52-103(101)120/h7-72H,1-6H3. The Kier molecular flexibility index (Phi) is 14.9. The molecule has 18 aromatic carbocycles. The van der Waals surface area contributed by atoms with Crippen molar-refractivity contribution in [3.8, 4) is 55.6 Å². The van der Waals surface area contributed by atoms with E-state index in [1.807, 2.05) is 22.7 Å². The zero-order chi connectivity index (χ0) is 82.5. The molecule has 0 fully saturated rings. The molecule has 2 aromatic heterocycles. The number of nitrogens with zero attached hydrogens (tertiary/aromatic N) is 2. The van der Waals surface area contributed by atoms with Crippen molar-refractivity contribution in [1.29, 1.82) is 0 Å². The summed E-state index contributed by atoms with van der Waals surface area (Å²) in [5.74, 6) is 0. The predicted octanol–water partition coefficient (Wildman–Crippen LogP) is 31.7. The lowest BCUT2D eigenvalue weighted by Crippen LogP contribution is -2.44. The summed E-state index contributed by atoms with van der Waals surface area (Å²) >= 11 is 3.82. The fraction of sp³-hybridized carbons (Fsp3) is 0.100. The normalized spacial score (nSPS) is 15.6. The maximum Gasteiger partial charge on any atom is 0.0720 e. The minimum Gasteiger partial charge on any atom is -0.309 e. The summed E-state index contributed by atoms with van der Waals surface area (Å²) in [5, 5.41) is 5.07. The summed E-state index contributed by atoms with van der Waals surface area (Å²) in [5.41, 5.74) is 40.5. The molecule has 20 aromatic rings. The molecule has 4 heteroatoms. The van der Waals surface area contributed by atoms with E-state index in [-0.39, 0.29) is 16.2 Å². The van der Waals surface area contributed by atoms with Gasteiger partial charge in [0.25, 0.3) is 0 Å². The van der Waals surface area contributed by atoms with E-state index in [0.717, 1.165) is 34.1 Å². The number of hydrogen-bond acceptors (Lipinski definition) is 4. The molecule has 0 unspecified atom stereocenters. The van der Waals surface area contributed by atoms with E-state index >= 15 is 0 Å². The van der Waals surface area contributed by atoms with Crippen LogP contribution in [0.25, 0.3) is 96.0 Å². The van der Waals surface area contributed by atoms with Gasteiger partial charge in [-0.3, -0.25) is 0 Å². The molecule has 6 aliphatic rings. The van der Waals surface area contributed by atoms with Crippen molar-refractivity contribution in [3.63, 3.8) is 0 Å². The maximum atomic E-state index is 2.63. The van der Waals surface area contributed by atoms with Crippen LogP contribution in [-0.4, -0.2) is 0 Å². The zero-order valence-corrected chi connectivity index (χ0v) is 71.4. The monoisotopic (exact) mass is 1620 g/mol. The van der Waals surface area contributed by atoms with E-state index in [1.165, 1.54) is 196 Å². The molecule has 586 valence electrons. The van der Waals surface area contributed by atoms with Crippen molar-refractivity contribution >= 4 is 97.1 Å². The molecular formula is C120H84N2S2. The van der Waals surface area contributed by atoms with Crippen LogP contribution in [0.3, 0.4) is 0 Å². The fourth-order valence-electron chi connectivity index (χ4n) is 24.6. The van der Waals surface area contributed by atoms with Gasteiger partial charge in [0, 0.05) is 69.9 Å². The lowest BCUT2D eigenvalue weighted by Gasteiger charge is -2.50. The molecular weight excluding hydrogens is 1530 g/mol. The minimum atomic E-state index is -0.696. The van der Waals surface area contributed by atoms with Crippen molar-refractivity contribution in [1.82, 2.24) is 0 Å². The first-order valence-electron chi connectivity index (χ1n) is 43.8. The van der Waals surface area contributed by atoms with E-state index in [1.54, 1.807) is 0 Å². The van der Waals surface area contributed by atoms with Crippen LogP contribution in [-0.2, 0) is 32.5 Å². The first-order chi connectivity index (χ1) is 60.8. The van der Waals surface area contributed by atoms with Crippen LogP contribution in [0, 0.1) is 0 Å². The molecule has 0 amide bonds. The first-order valence-corrected chi connectivity index (χ1v) is 45.4. The van der Waals surface area contributed by atoms with Gasteiger partial charge in [-0.15, -0.1) is 22.7 Å². The summed E-state index contributed by atoms with van der Waals surface area (Å²) < 4.78 is 5.05. The average molecular weight is 1620 g/mol. The second kappa shape index (κ2) is 25.8. The lowest BCUT2D eigenvalue weighted by molar-refractivity contribution is 0.563. The third-order valence-electron chi connectivity index (χ3n) is 29.9. The number of rotatable bonds is 9. The second-order valence-corrected chi connectivity index (χ2v) is 38.8. The van der Waals surface area contributed by atoms with Crippen LogP contribution in [0.4, 0.5) is 34.1 Å². The van der Waals surface area contributed by atoms with Crippen molar-refractivity contribution in [2.24, 2.45) is 0 Å². The van der Waals surface area contributed by atoms with Crippen molar-refractivity contribution < 1.29 is 0 Å². The molecule has 2 heterocycles. The Bertz CT molecular complexity index is 7860. The topological polar surface area (TPSA) is 6.48 Å². The Morgan fingerprint density at radius 1 is 0.194 bits per heavy atom. The lowest BCUT2D eigenvalue weighted by atomic mass is 9.51. The average Bonchev–Trinajstić information content (AvgIpc) is 1.51. The van der Waals surface area contributed by atoms with E-state index in [9.17, 15) is 0 Å². The minimum absolute atomic E-state index is 0.227. The summed E-state index contributed by atoms with van der Waals surface area (Å²) in [7, 11) is 0. The first kappa shape index (κ1) is 71.7. The van der Waals surface area contributed by atoms with Crippen LogP contribution in [0.5, 0.6) is 0 Å². The number of thiophene rings is 2. The van der Waals surface area contributed by atoms with E-state index in [2.05, 4.69) is 452 Å². The highest BCUT2D eigenvalue weighted by molar-refractivity contribution is 7.27. The molecule has 0 bridgehead atoms. The number of hydrogen-bond donors (Lipinski definition) is 0. The predicted molar refractivity (Wildman–Crippen MR) is 521 cm³/mol. The van der Waals surface area contributed by atoms with Gasteiger partial charge in [-0.1, -0.05) is 363 Å². The summed E-state index contributed by atoms with van der Waals surface area (Å²) in [6.45, 7) is 14.6. The molecule has 124 heavy (non-hydrogen) atoms. The Balaban J connectivity index is 0.654. The molecule has 2 nitrogen and oxygen atoms in total. The van der Waals surface area contributed by atoms with Gasteiger partial charge >= 0.3 is 0 Å². The van der Waals surface area contributed by atoms with Gasteiger partial charge in [-0.05, 0) is 235 Å². The SMILES string of the molecule is CC1(C)c2ccc(-c3ccc(N(c4ccc5c(c4)C(C)(C)c4ccccc4-5)c4ccc5c(c4)C4(c6ccccc6-5)c5ccccc5C(C)(C)c5ccccc54)c4sc5ccccc5c34)cc2-c2ccc(N(c3ccc4c(c3)C3(c5ccccc5-4)c4ccccc4C(c4ccccc4)(c4ccccc4)c4ccccc43)c3cccc4c3sc3ccccc34)cc21. The quantitative estimate of drug-likeness (QED) is 0.142. The Hall–Kier alpha value is -14.0. The van der Waals surface area contributed by atoms with Gasteiger partial charge in [0.2, 0.25) is 0 Å². The largest absolute Gasteiger partial charge is 0.309 e. The van der Waals surface area contributed by atoms with Crippen LogP contribution in [0.1, 0.15) is 142 Å². The molecule has 0 atom stereocenters. The molecule has 6 aliphatic carbocycles. The number of fused-ring (bicyclic) bond motifs is 30. The van der Waals surface area contributed by atoms with Crippen LogP contribution < -0.4 is 9.80 Å². The summed E-state index contributed by atoms with van der Waals surface area (Å²) in [4.78, 5) is 5.24. The highest BCUT2D eigenvalue weighted by atomic mass is 32.1. The van der Waals surface area contributed by atoms with Gasteiger partial charge in [-0.25, -0.2) is 0 Å². The third kappa shape index (κ3) is 9.28. The van der Waals surface area contributed by atoms with Crippen LogP contribution in [0.2, 0.25) is 0 Å². The maximum absolute atomic E-state index is 2.63. The molecule has 26 rings (SSSR count). The second-order valence-electron chi connectivity index (χ2n) is 36.7. The fourth-order valence-corrected chi connectivity index (χ4v) is 27.0. The number of benzene rings is 18. The summed E-state index contributed by atoms with van der Waals surface area (Å²) in [6.07, 6.45) is 0. The highest BCUT2D eigenvalue weighted by Crippen LogP contribution is 2.68. The molecule has 2 spiro atoms. The van der Waals surface area contributed by atoms with Gasteiger partial charge < -0.3 is 9.80 Å². The molecule has 0 N–H and O–H groups in total. The molecule has 0 aliphatic heterocycles. The Morgan fingerprint density at radius 2 is 0.524 bits per heavy atom. The zero-order valence-electron chi connectivity index (χ0n) is 69.8. The Morgan fingerprint density at radius 3 is 1.03 bits per heavy atom. The van der Waals surface area contributed by atoms with E-state index in [0.29, 0.717) is 0 Å². The van der Waals surface area contributed by atoms with Crippen LogP contribution in [0.15, 0.2) is 400 Å². The number of anilines is 6. The van der Waals surface area contributed by atoms with E-state index < -0.39 is 16.2 Å². The molecule has 0 saturated heterocycles. The van der Waals surface area contributed by atoms with Gasteiger partial charge in [-0.2, -0.15) is 0 Å².